The molecule has 0 heterocycles. The number of benzene rings is 3. The van der Waals surface area contributed by atoms with Crippen LogP contribution >= 0.6 is 0 Å². The van der Waals surface area contributed by atoms with Crippen molar-refractivity contribution in [3.63, 3.8) is 0 Å². The fraction of sp³-hybridized carbons (Fsp3) is 0.333. The number of methoxy groups -OCH3 is 1. The first-order chi connectivity index (χ1) is 19.2. The molecule has 3 aromatic carbocycles. The maximum absolute atomic E-state index is 14.7. The predicted molar refractivity (Wildman–Crippen MR) is 151 cm³/mol. The Morgan fingerprint density at radius 3 is 2.27 bits per heavy atom. The van der Waals surface area contributed by atoms with Crippen LogP contribution in [-0.4, -0.2) is 50.9 Å². The molecule has 40 heavy (non-hydrogen) atoms. The number of carbonyl (C=O) groups is 2. The zero-order valence-corrected chi connectivity index (χ0v) is 23.4. The summed E-state index contributed by atoms with van der Waals surface area (Å²) < 4.78 is 48.8. The lowest BCUT2D eigenvalue weighted by Gasteiger charge is -2.33. The van der Waals surface area contributed by atoms with Gasteiger partial charge in [0.05, 0.1) is 17.7 Å². The average molecular weight is 568 g/mol. The van der Waals surface area contributed by atoms with E-state index in [1.165, 1.54) is 42.3 Å². The quantitative estimate of drug-likeness (QED) is 0.368. The van der Waals surface area contributed by atoms with Crippen LogP contribution in [0.2, 0.25) is 0 Å². The van der Waals surface area contributed by atoms with Crippen LogP contribution in [-0.2, 0) is 26.2 Å². The normalized spacial score (nSPS) is 14.4. The summed E-state index contributed by atoms with van der Waals surface area (Å²) in [4.78, 5) is 28.4. The van der Waals surface area contributed by atoms with Gasteiger partial charge in [-0.25, -0.2) is 12.8 Å². The van der Waals surface area contributed by atoms with E-state index in [2.05, 4.69) is 5.32 Å². The standard InChI is InChI=1S/C30H34FN3O5S/c1-22(30(36)32-24-13-7-8-14-24)33(20-23-12-6-9-17-26(23)31)29(35)21-34(27-18-10-11-19-28(27)39-2)40(37,38)25-15-4-3-5-16-25/h3-6,9-12,15-19,22,24H,7-8,13-14,20-21H2,1-2H3,(H,32,36)/t22-/m0/s1. The first-order valence-electron chi connectivity index (χ1n) is 13.3. The van der Waals surface area contributed by atoms with Crippen molar-refractivity contribution in [2.75, 3.05) is 18.0 Å². The number of ether oxygens (including phenoxy) is 1. The van der Waals surface area contributed by atoms with Gasteiger partial charge in [0, 0.05) is 18.2 Å². The molecule has 1 fully saturated rings. The van der Waals surface area contributed by atoms with E-state index in [0.29, 0.717) is 0 Å². The number of amides is 2. The molecule has 1 N–H and O–H groups in total. The molecule has 0 saturated heterocycles. The lowest BCUT2D eigenvalue weighted by Crippen LogP contribution is -2.52. The third-order valence-electron chi connectivity index (χ3n) is 7.13. The van der Waals surface area contributed by atoms with E-state index in [9.17, 15) is 22.4 Å². The van der Waals surface area contributed by atoms with Crippen LogP contribution in [0, 0.1) is 5.82 Å². The lowest BCUT2D eigenvalue weighted by atomic mass is 10.1. The number of rotatable bonds is 11. The van der Waals surface area contributed by atoms with Crippen LogP contribution in [0.1, 0.15) is 38.2 Å². The number of halogens is 1. The summed E-state index contributed by atoms with van der Waals surface area (Å²) in [7, 11) is -2.82. The highest BCUT2D eigenvalue weighted by Gasteiger charge is 2.34. The van der Waals surface area contributed by atoms with Crippen LogP contribution in [0.15, 0.2) is 83.8 Å². The fourth-order valence-electron chi connectivity index (χ4n) is 4.85. The molecule has 2 amide bonds. The number of para-hydroxylation sites is 2. The van der Waals surface area contributed by atoms with Gasteiger partial charge in [-0.05, 0) is 50.1 Å². The van der Waals surface area contributed by atoms with Crippen molar-refractivity contribution < 1.29 is 27.1 Å². The Balaban J connectivity index is 1.71. The molecule has 212 valence electrons. The zero-order valence-electron chi connectivity index (χ0n) is 22.6. The average Bonchev–Trinajstić information content (AvgIpc) is 3.48. The van der Waals surface area contributed by atoms with E-state index in [-0.39, 0.29) is 40.4 Å². The highest BCUT2D eigenvalue weighted by molar-refractivity contribution is 7.92. The molecule has 1 saturated carbocycles. The van der Waals surface area contributed by atoms with Gasteiger partial charge >= 0.3 is 0 Å². The minimum Gasteiger partial charge on any atom is -0.495 e. The Hall–Kier alpha value is -3.92. The summed E-state index contributed by atoms with van der Waals surface area (Å²) in [5.41, 5.74) is 0.377. The van der Waals surface area contributed by atoms with E-state index in [1.54, 1.807) is 55.5 Å². The molecule has 10 heteroatoms. The van der Waals surface area contributed by atoms with Gasteiger partial charge in [0.1, 0.15) is 24.2 Å². The molecule has 0 aromatic heterocycles. The molecule has 0 bridgehead atoms. The molecule has 0 spiro atoms. The Kier molecular flexibility index (Phi) is 9.42. The van der Waals surface area contributed by atoms with Crippen molar-refractivity contribution in [1.29, 1.82) is 0 Å². The third-order valence-corrected chi connectivity index (χ3v) is 8.91. The van der Waals surface area contributed by atoms with E-state index in [1.807, 2.05) is 0 Å². The van der Waals surface area contributed by atoms with Crippen molar-refractivity contribution in [2.45, 2.75) is 56.1 Å². The highest BCUT2D eigenvalue weighted by atomic mass is 32.2. The molecule has 3 aromatic rings. The van der Waals surface area contributed by atoms with Gasteiger partial charge in [-0.3, -0.25) is 13.9 Å². The smallest absolute Gasteiger partial charge is 0.264 e. The summed E-state index contributed by atoms with van der Waals surface area (Å²) >= 11 is 0. The van der Waals surface area contributed by atoms with E-state index in [4.69, 9.17) is 4.74 Å². The van der Waals surface area contributed by atoms with Crippen molar-refractivity contribution >= 4 is 27.5 Å². The van der Waals surface area contributed by atoms with Gasteiger partial charge in [0.25, 0.3) is 10.0 Å². The summed E-state index contributed by atoms with van der Waals surface area (Å²) in [5, 5.41) is 3.00. The summed E-state index contributed by atoms with van der Waals surface area (Å²) in [6.45, 7) is 0.727. The second kappa shape index (κ2) is 13.0. The van der Waals surface area contributed by atoms with Crippen molar-refractivity contribution in [1.82, 2.24) is 10.2 Å². The summed E-state index contributed by atoms with van der Waals surface area (Å²) in [6.07, 6.45) is 3.75. The minimum absolute atomic E-state index is 0.0126. The molecular weight excluding hydrogens is 533 g/mol. The van der Waals surface area contributed by atoms with Crippen LogP contribution in [0.3, 0.4) is 0 Å². The molecule has 1 aliphatic rings. The number of nitrogens with one attached hydrogen (secondary N) is 1. The topological polar surface area (TPSA) is 96.0 Å². The number of nitrogens with zero attached hydrogens (tertiary/aromatic N) is 2. The Labute approximate surface area is 234 Å². The number of carbonyl (C=O) groups excluding carboxylic acids is 2. The Morgan fingerprint density at radius 1 is 0.975 bits per heavy atom. The van der Waals surface area contributed by atoms with Gasteiger partial charge < -0.3 is 15.0 Å². The second-order valence-corrected chi connectivity index (χ2v) is 11.6. The molecule has 4 rings (SSSR count). The number of anilines is 1. The summed E-state index contributed by atoms with van der Waals surface area (Å²) in [6, 6.07) is 19.3. The Bertz CT molecular complexity index is 1430. The van der Waals surface area contributed by atoms with E-state index >= 15 is 0 Å². The first-order valence-corrected chi connectivity index (χ1v) is 14.7. The van der Waals surface area contributed by atoms with E-state index in [0.717, 1.165) is 30.0 Å². The lowest BCUT2D eigenvalue weighted by molar-refractivity contribution is -0.139. The third kappa shape index (κ3) is 6.62. The Morgan fingerprint density at radius 2 is 1.60 bits per heavy atom. The molecule has 1 atom stereocenters. The molecule has 0 unspecified atom stereocenters. The SMILES string of the molecule is COc1ccccc1N(CC(=O)N(Cc1ccccc1F)[C@@H](C)C(=O)NC1CCCC1)S(=O)(=O)c1ccccc1. The molecule has 0 aliphatic heterocycles. The highest BCUT2D eigenvalue weighted by Crippen LogP contribution is 2.32. The molecular formula is C30H34FN3O5S. The van der Waals surface area contributed by atoms with E-state index < -0.39 is 34.3 Å². The summed E-state index contributed by atoms with van der Waals surface area (Å²) in [5.74, 6) is -1.31. The fourth-order valence-corrected chi connectivity index (χ4v) is 6.30. The van der Waals surface area contributed by atoms with Crippen molar-refractivity contribution in [3.8, 4) is 5.75 Å². The maximum Gasteiger partial charge on any atom is 0.264 e. The molecule has 0 radical (unpaired) electrons. The predicted octanol–water partition coefficient (Wildman–Crippen LogP) is 4.51. The number of sulfonamides is 1. The monoisotopic (exact) mass is 567 g/mol. The maximum atomic E-state index is 14.7. The van der Waals surface area contributed by atoms with Crippen molar-refractivity contribution in [3.05, 3.63) is 90.2 Å². The second-order valence-electron chi connectivity index (χ2n) is 9.78. The van der Waals surface area contributed by atoms with Gasteiger partial charge in [-0.15, -0.1) is 0 Å². The number of hydrogen-bond acceptors (Lipinski definition) is 5. The number of hydrogen-bond donors (Lipinski definition) is 1. The minimum atomic E-state index is -4.23. The van der Waals surface area contributed by atoms with Gasteiger partial charge in [-0.1, -0.05) is 61.4 Å². The largest absolute Gasteiger partial charge is 0.495 e. The van der Waals surface area contributed by atoms with Crippen molar-refractivity contribution in [2.24, 2.45) is 0 Å². The van der Waals surface area contributed by atoms with Crippen LogP contribution in [0.4, 0.5) is 10.1 Å². The van der Waals surface area contributed by atoms with Crippen LogP contribution in [0.5, 0.6) is 5.75 Å². The molecule has 1 aliphatic carbocycles. The zero-order chi connectivity index (χ0) is 28.7. The van der Waals surface area contributed by atoms with Gasteiger partial charge in [0.2, 0.25) is 11.8 Å². The van der Waals surface area contributed by atoms with Gasteiger partial charge in [-0.2, -0.15) is 0 Å². The van der Waals surface area contributed by atoms with Crippen LogP contribution in [0.25, 0.3) is 0 Å². The molecule has 8 nitrogen and oxygen atoms in total. The van der Waals surface area contributed by atoms with Crippen LogP contribution < -0.4 is 14.4 Å². The first kappa shape index (κ1) is 29.1. The van der Waals surface area contributed by atoms with Gasteiger partial charge in [0.15, 0.2) is 0 Å².